The SMILES string of the molecule is CCOCCOc1cc(C(F)(F)F)cc(NN/C(=C\[N+](=O)[O-])NCC(OC)OC)n1. The lowest BCUT2D eigenvalue weighted by Crippen LogP contribution is -2.37. The lowest BCUT2D eigenvalue weighted by atomic mass is 10.2. The Hall–Kier alpha value is -2.84. The first-order chi connectivity index (χ1) is 14.2. The van der Waals surface area contributed by atoms with Crippen LogP contribution in [0.15, 0.2) is 24.2 Å². The summed E-state index contributed by atoms with van der Waals surface area (Å²) in [5, 5.41) is 13.4. The number of nitrogens with zero attached hydrogens (tertiary/aromatic N) is 2. The molecule has 0 unspecified atom stereocenters. The van der Waals surface area contributed by atoms with E-state index < -0.39 is 23.0 Å². The summed E-state index contributed by atoms with van der Waals surface area (Å²) in [6.07, 6.45) is -4.79. The van der Waals surface area contributed by atoms with Crippen LogP contribution in [0.4, 0.5) is 19.0 Å². The van der Waals surface area contributed by atoms with Crippen molar-refractivity contribution >= 4 is 5.82 Å². The van der Waals surface area contributed by atoms with Gasteiger partial charge in [0.05, 0.1) is 23.6 Å². The Morgan fingerprint density at radius 2 is 2.00 bits per heavy atom. The van der Waals surface area contributed by atoms with Gasteiger partial charge in [0.2, 0.25) is 5.88 Å². The second-order valence-electron chi connectivity index (χ2n) is 5.48. The van der Waals surface area contributed by atoms with Gasteiger partial charge in [-0.1, -0.05) is 0 Å². The molecule has 0 aliphatic carbocycles. The molecule has 0 radical (unpaired) electrons. The number of aromatic nitrogens is 1. The summed E-state index contributed by atoms with van der Waals surface area (Å²) in [6.45, 7) is 2.39. The number of pyridine rings is 1. The number of halogens is 3. The second kappa shape index (κ2) is 12.7. The molecule has 14 heteroatoms. The highest BCUT2D eigenvalue weighted by Gasteiger charge is 2.32. The molecule has 0 saturated heterocycles. The molecule has 0 fully saturated rings. The Kier molecular flexibility index (Phi) is 10.6. The Bertz CT molecular complexity index is 700. The van der Waals surface area contributed by atoms with Gasteiger partial charge in [-0.3, -0.25) is 21.0 Å². The maximum absolute atomic E-state index is 13.2. The molecule has 11 nitrogen and oxygen atoms in total. The van der Waals surface area contributed by atoms with Crippen molar-refractivity contribution in [3.8, 4) is 5.88 Å². The van der Waals surface area contributed by atoms with Gasteiger partial charge < -0.3 is 24.3 Å². The molecule has 0 aromatic carbocycles. The molecular weight excluding hydrogens is 415 g/mol. The maximum Gasteiger partial charge on any atom is 0.416 e. The molecule has 0 amide bonds. The molecule has 0 aliphatic heterocycles. The van der Waals surface area contributed by atoms with Crippen molar-refractivity contribution in [2.75, 3.05) is 46.0 Å². The van der Waals surface area contributed by atoms with E-state index in [0.29, 0.717) is 12.8 Å². The number of alkyl halides is 3. The van der Waals surface area contributed by atoms with E-state index in [9.17, 15) is 23.3 Å². The Labute approximate surface area is 170 Å². The summed E-state index contributed by atoms with van der Waals surface area (Å²) in [5.74, 6) is -0.736. The van der Waals surface area contributed by atoms with Crippen LogP contribution in [0.1, 0.15) is 12.5 Å². The number of hydrazine groups is 1. The molecule has 0 aliphatic rings. The molecule has 3 N–H and O–H groups in total. The molecule has 1 aromatic heterocycles. The van der Waals surface area contributed by atoms with Crippen LogP contribution < -0.4 is 20.9 Å². The number of hydrogen-bond donors (Lipinski definition) is 3. The average Bonchev–Trinajstić information content (AvgIpc) is 2.69. The minimum atomic E-state index is -4.65. The number of anilines is 1. The van der Waals surface area contributed by atoms with E-state index in [0.717, 1.165) is 12.1 Å². The Balaban J connectivity index is 2.92. The van der Waals surface area contributed by atoms with Crippen LogP contribution in [-0.4, -0.2) is 56.8 Å². The van der Waals surface area contributed by atoms with E-state index in [1.807, 2.05) is 0 Å². The fourth-order valence-corrected chi connectivity index (χ4v) is 1.97. The van der Waals surface area contributed by atoms with E-state index in [4.69, 9.17) is 18.9 Å². The Morgan fingerprint density at radius 1 is 1.30 bits per heavy atom. The van der Waals surface area contributed by atoms with Crippen LogP contribution in [0.5, 0.6) is 5.88 Å². The van der Waals surface area contributed by atoms with E-state index >= 15 is 0 Å². The first kappa shape index (κ1) is 25.2. The summed E-state index contributed by atoms with van der Waals surface area (Å²) >= 11 is 0. The quantitative estimate of drug-likeness (QED) is 0.171. The zero-order valence-electron chi connectivity index (χ0n) is 16.6. The summed E-state index contributed by atoms with van der Waals surface area (Å²) in [6, 6.07) is 1.46. The zero-order valence-corrected chi connectivity index (χ0v) is 16.6. The first-order valence-corrected chi connectivity index (χ1v) is 8.66. The van der Waals surface area contributed by atoms with Crippen LogP contribution >= 0.6 is 0 Å². The third-order valence-electron chi connectivity index (χ3n) is 3.36. The van der Waals surface area contributed by atoms with Gasteiger partial charge in [-0.2, -0.15) is 18.2 Å². The molecule has 170 valence electrons. The van der Waals surface area contributed by atoms with E-state index in [1.165, 1.54) is 14.2 Å². The Morgan fingerprint density at radius 3 is 2.57 bits per heavy atom. The van der Waals surface area contributed by atoms with Crippen LogP contribution in [0.2, 0.25) is 0 Å². The summed E-state index contributed by atoms with van der Waals surface area (Å²) in [4.78, 5) is 13.9. The van der Waals surface area contributed by atoms with Gasteiger partial charge in [-0.05, 0) is 13.0 Å². The smallest absolute Gasteiger partial charge is 0.416 e. The van der Waals surface area contributed by atoms with Crippen molar-refractivity contribution in [3.05, 3.63) is 39.8 Å². The lowest BCUT2D eigenvalue weighted by Gasteiger charge is -2.18. The number of nitro groups is 1. The highest BCUT2D eigenvalue weighted by Crippen LogP contribution is 2.32. The fourth-order valence-electron chi connectivity index (χ4n) is 1.97. The normalized spacial score (nSPS) is 12.0. The highest BCUT2D eigenvalue weighted by molar-refractivity contribution is 5.42. The molecule has 0 saturated carbocycles. The van der Waals surface area contributed by atoms with Gasteiger partial charge in [0.1, 0.15) is 12.4 Å². The number of hydrogen-bond acceptors (Lipinski definition) is 10. The number of ether oxygens (including phenoxy) is 4. The van der Waals surface area contributed by atoms with Gasteiger partial charge in [0.25, 0.3) is 6.20 Å². The summed E-state index contributed by atoms with van der Waals surface area (Å²) in [5.41, 5.74) is 3.75. The van der Waals surface area contributed by atoms with Crippen molar-refractivity contribution in [2.45, 2.75) is 19.4 Å². The van der Waals surface area contributed by atoms with Crippen LogP contribution in [0.3, 0.4) is 0 Å². The third kappa shape index (κ3) is 9.58. The highest BCUT2D eigenvalue weighted by atomic mass is 19.4. The fraction of sp³-hybridized carbons (Fsp3) is 0.562. The van der Waals surface area contributed by atoms with Gasteiger partial charge in [-0.15, -0.1) is 0 Å². The standard InChI is InChI=1S/C16H24F3N5O6/c1-4-29-5-6-30-14-8-11(16(17,18)19)7-12(21-14)22-23-13(10-24(25)26)20-9-15(27-2)28-3/h7-8,10,15,20,23H,4-6,9H2,1-3H3,(H,21,22)/b13-10-. The minimum Gasteiger partial charge on any atom is -0.475 e. The van der Waals surface area contributed by atoms with Crippen LogP contribution in [-0.2, 0) is 20.4 Å². The molecule has 1 rings (SSSR count). The minimum absolute atomic E-state index is 0.00151. The summed E-state index contributed by atoms with van der Waals surface area (Å²) in [7, 11) is 2.75. The number of methoxy groups -OCH3 is 2. The van der Waals surface area contributed by atoms with Gasteiger partial charge in [0, 0.05) is 26.9 Å². The van der Waals surface area contributed by atoms with Crippen LogP contribution in [0.25, 0.3) is 0 Å². The number of rotatable bonds is 14. The van der Waals surface area contributed by atoms with E-state index in [1.54, 1.807) is 6.92 Å². The van der Waals surface area contributed by atoms with Crippen LogP contribution in [0, 0.1) is 10.1 Å². The lowest BCUT2D eigenvalue weighted by molar-refractivity contribution is -0.404. The van der Waals surface area contributed by atoms with Gasteiger partial charge in [0.15, 0.2) is 12.1 Å². The third-order valence-corrected chi connectivity index (χ3v) is 3.36. The summed E-state index contributed by atoms with van der Waals surface area (Å²) < 4.78 is 59.6. The first-order valence-electron chi connectivity index (χ1n) is 8.66. The molecule has 1 aromatic rings. The van der Waals surface area contributed by atoms with E-state index in [-0.39, 0.29) is 37.3 Å². The molecule has 30 heavy (non-hydrogen) atoms. The van der Waals surface area contributed by atoms with Crippen molar-refractivity contribution in [1.29, 1.82) is 0 Å². The average molecular weight is 439 g/mol. The van der Waals surface area contributed by atoms with Crippen molar-refractivity contribution in [1.82, 2.24) is 15.7 Å². The predicted molar refractivity (Wildman–Crippen MR) is 98.9 cm³/mol. The molecular formula is C16H24F3N5O6. The topological polar surface area (TPSA) is 129 Å². The van der Waals surface area contributed by atoms with Gasteiger partial charge >= 0.3 is 6.18 Å². The monoisotopic (exact) mass is 439 g/mol. The molecule has 0 bridgehead atoms. The molecule has 0 atom stereocenters. The molecule has 0 spiro atoms. The largest absolute Gasteiger partial charge is 0.475 e. The van der Waals surface area contributed by atoms with E-state index in [2.05, 4.69) is 21.2 Å². The van der Waals surface area contributed by atoms with Gasteiger partial charge in [-0.25, -0.2) is 0 Å². The zero-order chi connectivity index (χ0) is 22.6. The predicted octanol–water partition coefficient (Wildman–Crippen LogP) is 1.72. The van der Waals surface area contributed by atoms with Crippen molar-refractivity contribution < 1.29 is 37.0 Å². The van der Waals surface area contributed by atoms with Crippen molar-refractivity contribution in [2.24, 2.45) is 0 Å². The molecule has 1 heterocycles. The number of nitrogens with one attached hydrogen (secondary N) is 3. The van der Waals surface area contributed by atoms with Crippen molar-refractivity contribution in [3.63, 3.8) is 0 Å². The maximum atomic E-state index is 13.2. The second-order valence-corrected chi connectivity index (χ2v) is 5.48.